The Morgan fingerprint density at radius 3 is 2.78 bits per heavy atom. The Labute approximate surface area is 163 Å². The third-order valence-corrected chi connectivity index (χ3v) is 6.73. The lowest BCUT2D eigenvalue weighted by Gasteiger charge is -2.34. The molecule has 1 atom stereocenters. The fraction of sp³-hybridized carbons (Fsp3) is 0.500. The minimum atomic E-state index is 0.103. The van der Waals surface area contributed by atoms with E-state index in [0.717, 1.165) is 35.9 Å². The van der Waals surface area contributed by atoms with Crippen LogP contribution in [0.2, 0.25) is 0 Å². The van der Waals surface area contributed by atoms with Crippen LogP contribution in [0, 0.1) is 0 Å². The molecule has 0 amide bonds. The van der Waals surface area contributed by atoms with Crippen LogP contribution in [-0.4, -0.2) is 54.7 Å². The summed E-state index contributed by atoms with van der Waals surface area (Å²) in [6, 6.07) is 11.3. The Kier molecular flexibility index (Phi) is 4.80. The van der Waals surface area contributed by atoms with Crippen molar-refractivity contribution in [2.24, 2.45) is 0 Å². The highest BCUT2D eigenvalue weighted by molar-refractivity contribution is 7.99. The molecule has 1 saturated carbocycles. The van der Waals surface area contributed by atoms with Crippen molar-refractivity contribution >= 4 is 22.7 Å². The second kappa shape index (κ2) is 7.56. The first-order valence-corrected chi connectivity index (χ1v) is 11.0. The summed E-state index contributed by atoms with van der Waals surface area (Å²) in [4.78, 5) is 7.02. The molecule has 3 heterocycles. The van der Waals surface area contributed by atoms with Gasteiger partial charge < -0.3 is 0 Å². The van der Waals surface area contributed by atoms with Crippen molar-refractivity contribution in [3.05, 3.63) is 47.9 Å². The average molecular weight is 381 g/mol. The topological polar surface area (TPSA) is 59.7 Å². The summed E-state index contributed by atoms with van der Waals surface area (Å²) >= 11 is 2.03. The molecule has 0 radical (unpaired) electrons. The Morgan fingerprint density at radius 2 is 1.93 bits per heavy atom. The number of nitrogens with zero attached hydrogens (tertiary/aromatic N) is 6. The number of pyridine rings is 1. The Hall–Kier alpha value is -1.99. The molecule has 0 spiro atoms. The summed E-state index contributed by atoms with van der Waals surface area (Å²) in [5.74, 6) is 3.32. The van der Waals surface area contributed by atoms with Gasteiger partial charge in [0.05, 0.1) is 17.6 Å². The van der Waals surface area contributed by atoms with Crippen molar-refractivity contribution in [1.82, 2.24) is 30.1 Å². The molecule has 0 bridgehead atoms. The summed E-state index contributed by atoms with van der Waals surface area (Å²) in [6.07, 6.45) is 6.76. The smallest absolute Gasteiger partial charge is 0.173 e. The lowest BCUT2D eigenvalue weighted by molar-refractivity contribution is 0.230. The van der Waals surface area contributed by atoms with Gasteiger partial charge in [-0.25, -0.2) is 4.68 Å². The fourth-order valence-corrected chi connectivity index (χ4v) is 5.34. The molecule has 140 valence electrons. The van der Waals surface area contributed by atoms with Gasteiger partial charge in [-0.1, -0.05) is 25.0 Å². The molecule has 0 unspecified atom stereocenters. The predicted molar refractivity (Wildman–Crippen MR) is 108 cm³/mol. The van der Waals surface area contributed by atoms with E-state index in [1.54, 1.807) is 0 Å². The maximum Gasteiger partial charge on any atom is 0.173 e. The molecule has 1 aliphatic heterocycles. The number of hydrogen-bond acceptors (Lipinski definition) is 6. The van der Waals surface area contributed by atoms with Crippen LogP contribution in [-0.2, 0) is 0 Å². The molecule has 1 aliphatic carbocycles. The normalized spacial score (nSPS) is 20.3. The highest BCUT2D eigenvalue weighted by Crippen LogP contribution is 2.35. The number of aromatic nitrogens is 5. The lowest BCUT2D eigenvalue weighted by atomic mass is 10.0. The van der Waals surface area contributed by atoms with Gasteiger partial charge in [0.25, 0.3) is 0 Å². The van der Waals surface area contributed by atoms with Gasteiger partial charge in [-0.2, -0.15) is 11.8 Å². The van der Waals surface area contributed by atoms with Gasteiger partial charge in [0.1, 0.15) is 0 Å². The average Bonchev–Trinajstić information content (AvgIpc) is 3.41. The van der Waals surface area contributed by atoms with Crippen molar-refractivity contribution in [2.75, 3.05) is 24.6 Å². The maximum absolute atomic E-state index is 4.53. The standard InChI is InChI=1S/C20H24N6S/c1-2-6-17(5-1)26-20(22-23-24-26)19(25-10-12-27-13-11-25)16-7-8-18-15(14-16)4-3-9-21-18/h3-4,7-9,14,17,19H,1-2,5-6,10-13H2/t19-/m1/s1. The zero-order valence-electron chi connectivity index (χ0n) is 15.4. The second-order valence-corrected chi connectivity index (χ2v) is 8.65. The van der Waals surface area contributed by atoms with Gasteiger partial charge in [0.2, 0.25) is 0 Å². The van der Waals surface area contributed by atoms with Crippen LogP contribution < -0.4 is 0 Å². The summed E-state index contributed by atoms with van der Waals surface area (Å²) in [5.41, 5.74) is 2.29. The molecule has 2 aromatic heterocycles. The van der Waals surface area contributed by atoms with Crippen LogP contribution in [0.15, 0.2) is 36.5 Å². The number of fused-ring (bicyclic) bond motifs is 1. The SMILES string of the molecule is c1cnc2ccc([C@H](c3nnnn3C3CCCC3)N3CCSCC3)cc2c1. The summed E-state index contributed by atoms with van der Waals surface area (Å²) in [5, 5.41) is 14.2. The van der Waals surface area contributed by atoms with E-state index >= 15 is 0 Å². The van der Waals surface area contributed by atoms with Crippen LogP contribution in [0.3, 0.4) is 0 Å². The van der Waals surface area contributed by atoms with Crippen molar-refractivity contribution in [2.45, 2.75) is 37.8 Å². The first-order valence-electron chi connectivity index (χ1n) is 9.84. The van der Waals surface area contributed by atoms with Gasteiger partial charge in [0, 0.05) is 36.2 Å². The highest BCUT2D eigenvalue weighted by atomic mass is 32.2. The zero-order valence-corrected chi connectivity index (χ0v) is 16.2. The largest absolute Gasteiger partial charge is 0.288 e. The molecule has 2 fully saturated rings. The fourth-order valence-electron chi connectivity index (χ4n) is 4.41. The van der Waals surface area contributed by atoms with Gasteiger partial charge >= 0.3 is 0 Å². The van der Waals surface area contributed by atoms with Gasteiger partial charge in [-0.05, 0) is 47.0 Å². The van der Waals surface area contributed by atoms with Crippen LogP contribution in [0.1, 0.15) is 49.2 Å². The van der Waals surface area contributed by atoms with E-state index in [0.29, 0.717) is 6.04 Å². The third kappa shape index (κ3) is 3.34. The van der Waals surface area contributed by atoms with E-state index in [1.807, 2.05) is 24.0 Å². The molecule has 2 aliphatic rings. The number of benzene rings is 1. The van der Waals surface area contributed by atoms with E-state index in [-0.39, 0.29) is 6.04 Å². The van der Waals surface area contributed by atoms with Gasteiger partial charge in [-0.3, -0.25) is 9.88 Å². The van der Waals surface area contributed by atoms with Crippen LogP contribution in [0.5, 0.6) is 0 Å². The second-order valence-electron chi connectivity index (χ2n) is 7.43. The number of thioether (sulfide) groups is 1. The molecule has 1 aromatic carbocycles. The Bertz CT molecular complexity index is 913. The minimum absolute atomic E-state index is 0.103. The van der Waals surface area contributed by atoms with Crippen LogP contribution in [0.25, 0.3) is 10.9 Å². The summed E-state index contributed by atoms with van der Waals surface area (Å²) in [7, 11) is 0. The highest BCUT2D eigenvalue weighted by Gasteiger charge is 2.32. The number of rotatable bonds is 4. The molecular formula is C20H24N6S. The van der Waals surface area contributed by atoms with Crippen molar-refractivity contribution in [3.63, 3.8) is 0 Å². The molecule has 1 saturated heterocycles. The van der Waals surface area contributed by atoms with Crippen LogP contribution in [0.4, 0.5) is 0 Å². The summed E-state index contributed by atoms with van der Waals surface area (Å²) in [6.45, 7) is 2.13. The summed E-state index contributed by atoms with van der Waals surface area (Å²) < 4.78 is 2.12. The van der Waals surface area contributed by atoms with Gasteiger partial charge in [0.15, 0.2) is 5.82 Å². The molecular weight excluding hydrogens is 356 g/mol. The van der Waals surface area contributed by atoms with Crippen molar-refractivity contribution < 1.29 is 0 Å². The van der Waals surface area contributed by atoms with Crippen molar-refractivity contribution in [1.29, 1.82) is 0 Å². The first kappa shape index (κ1) is 17.1. The Morgan fingerprint density at radius 1 is 1.07 bits per heavy atom. The lowest BCUT2D eigenvalue weighted by Crippen LogP contribution is -2.38. The number of hydrogen-bond donors (Lipinski definition) is 0. The monoisotopic (exact) mass is 380 g/mol. The van der Waals surface area contributed by atoms with E-state index in [4.69, 9.17) is 0 Å². The van der Waals surface area contributed by atoms with Crippen LogP contribution >= 0.6 is 11.8 Å². The van der Waals surface area contributed by atoms with E-state index in [9.17, 15) is 0 Å². The molecule has 5 rings (SSSR count). The quantitative estimate of drug-likeness (QED) is 0.691. The van der Waals surface area contributed by atoms with E-state index < -0.39 is 0 Å². The maximum atomic E-state index is 4.53. The minimum Gasteiger partial charge on any atom is -0.288 e. The zero-order chi connectivity index (χ0) is 18.1. The molecule has 27 heavy (non-hydrogen) atoms. The predicted octanol–water partition coefficient (Wildman–Crippen LogP) is 3.47. The molecule has 7 heteroatoms. The third-order valence-electron chi connectivity index (χ3n) is 5.79. The van der Waals surface area contributed by atoms with Crippen molar-refractivity contribution in [3.8, 4) is 0 Å². The first-order chi connectivity index (χ1) is 13.4. The van der Waals surface area contributed by atoms with E-state index in [2.05, 4.69) is 54.4 Å². The molecule has 3 aromatic rings. The number of tetrazole rings is 1. The molecule has 0 N–H and O–H groups in total. The van der Waals surface area contributed by atoms with E-state index in [1.165, 1.54) is 36.6 Å². The Balaban J connectivity index is 1.59. The van der Waals surface area contributed by atoms with Gasteiger partial charge in [-0.15, -0.1) is 5.10 Å². The molecule has 6 nitrogen and oxygen atoms in total.